The number of carbonyl (C=O) groups is 2. The van der Waals surface area contributed by atoms with Crippen LogP contribution in [0, 0.1) is 10.1 Å². The van der Waals surface area contributed by atoms with Gasteiger partial charge in [-0.1, -0.05) is 0 Å². The molecule has 0 aliphatic carbocycles. The highest BCUT2D eigenvalue weighted by molar-refractivity contribution is 8.00. The summed E-state index contributed by atoms with van der Waals surface area (Å²) in [6, 6.07) is 12.4. The second-order valence-corrected chi connectivity index (χ2v) is 6.53. The predicted octanol–water partition coefficient (Wildman–Crippen LogP) is 1.35. The molecule has 10 heteroatoms. The van der Waals surface area contributed by atoms with Crippen LogP contribution in [0.2, 0.25) is 0 Å². The first-order valence-corrected chi connectivity index (χ1v) is 9.00. The minimum absolute atomic E-state index is 0.0103. The first-order valence-electron chi connectivity index (χ1n) is 8.02. The molecule has 0 unspecified atom stereocenters. The van der Waals surface area contributed by atoms with Crippen LogP contribution < -0.4 is 15.3 Å². The molecule has 0 aliphatic rings. The van der Waals surface area contributed by atoms with Crippen molar-refractivity contribution in [2.75, 3.05) is 5.75 Å². The van der Waals surface area contributed by atoms with E-state index >= 15 is 0 Å². The van der Waals surface area contributed by atoms with Gasteiger partial charge in [-0.3, -0.25) is 14.9 Å². The number of rotatable bonds is 9. The zero-order chi connectivity index (χ0) is 20.5. The molecule has 0 spiro atoms. The molecule has 2 aromatic carbocycles. The maximum absolute atomic E-state index is 11.8. The molecule has 28 heavy (non-hydrogen) atoms. The van der Waals surface area contributed by atoms with E-state index in [0.717, 1.165) is 4.90 Å². The molecule has 1 atom stereocenters. The average Bonchev–Trinajstić information content (AvgIpc) is 2.68. The van der Waals surface area contributed by atoms with Crippen LogP contribution in [0.4, 0.5) is 5.69 Å². The summed E-state index contributed by atoms with van der Waals surface area (Å²) in [5.41, 5.74) is 3.04. The minimum Gasteiger partial charge on any atom is -0.546 e. The molecule has 0 aliphatic heterocycles. The fourth-order valence-electron chi connectivity index (χ4n) is 1.91. The highest BCUT2D eigenvalue weighted by Crippen LogP contribution is 2.21. The van der Waals surface area contributed by atoms with Crippen LogP contribution in [0.15, 0.2) is 58.5 Å². The van der Waals surface area contributed by atoms with Gasteiger partial charge in [0.05, 0.1) is 22.9 Å². The van der Waals surface area contributed by atoms with Gasteiger partial charge in [0.1, 0.15) is 11.9 Å². The van der Waals surface area contributed by atoms with E-state index in [9.17, 15) is 24.8 Å². The van der Waals surface area contributed by atoms with Crippen molar-refractivity contribution in [3.8, 4) is 5.75 Å². The number of amides is 1. The summed E-state index contributed by atoms with van der Waals surface area (Å²) in [7, 11) is 0. The maximum atomic E-state index is 11.8. The van der Waals surface area contributed by atoms with Gasteiger partial charge in [0.15, 0.2) is 0 Å². The zero-order valence-corrected chi connectivity index (χ0v) is 15.5. The Morgan fingerprint density at radius 1 is 1.21 bits per heavy atom. The number of carboxylic acids is 1. The van der Waals surface area contributed by atoms with Crippen LogP contribution in [-0.2, 0) is 9.59 Å². The van der Waals surface area contributed by atoms with E-state index in [1.165, 1.54) is 37.0 Å². The summed E-state index contributed by atoms with van der Waals surface area (Å²) in [6.07, 6.45) is 0.368. The second-order valence-electron chi connectivity index (χ2n) is 5.48. The quantitative estimate of drug-likeness (QED) is 0.290. The Labute approximate surface area is 164 Å². The molecule has 1 N–H and O–H groups in total. The number of hydrogen-bond acceptors (Lipinski definition) is 8. The summed E-state index contributed by atoms with van der Waals surface area (Å²) in [5, 5.41) is 25.1. The Balaban J connectivity index is 1.78. The third kappa shape index (κ3) is 6.72. The van der Waals surface area contributed by atoms with Crippen LogP contribution in [0.5, 0.6) is 5.75 Å². The van der Waals surface area contributed by atoms with Crippen molar-refractivity contribution in [3.05, 3.63) is 64.2 Å². The number of hydrogen-bond donors (Lipinski definition) is 1. The summed E-state index contributed by atoms with van der Waals surface area (Å²) >= 11 is 1.23. The van der Waals surface area contributed by atoms with Gasteiger partial charge in [-0.15, -0.1) is 11.8 Å². The SMILES string of the molecule is C[C@@H](Oc1ccc(/C=N\NC(=O)CSc2ccc([N+](=O)[O-])cc2)cc1)C(=O)[O-]. The molecule has 0 fully saturated rings. The lowest BCUT2D eigenvalue weighted by atomic mass is 10.2. The highest BCUT2D eigenvalue weighted by Gasteiger charge is 2.06. The summed E-state index contributed by atoms with van der Waals surface area (Å²) in [5.74, 6) is -1.16. The van der Waals surface area contributed by atoms with Gasteiger partial charge in [-0.2, -0.15) is 5.10 Å². The van der Waals surface area contributed by atoms with Gasteiger partial charge in [0.2, 0.25) is 5.91 Å². The molecule has 0 aromatic heterocycles. The van der Waals surface area contributed by atoms with Crippen LogP contribution in [0.1, 0.15) is 12.5 Å². The van der Waals surface area contributed by atoms with E-state index in [1.807, 2.05) is 0 Å². The maximum Gasteiger partial charge on any atom is 0.269 e. The Morgan fingerprint density at radius 2 is 1.86 bits per heavy atom. The van der Waals surface area contributed by atoms with Crippen molar-refractivity contribution in [2.45, 2.75) is 17.9 Å². The van der Waals surface area contributed by atoms with E-state index in [0.29, 0.717) is 11.3 Å². The van der Waals surface area contributed by atoms with E-state index in [4.69, 9.17) is 4.74 Å². The molecule has 2 rings (SSSR count). The number of hydrazone groups is 1. The van der Waals surface area contributed by atoms with E-state index in [-0.39, 0.29) is 17.3 Å². The Bertz CT molecular complexity index is 868. The van der Waals surface area contributed by atoms with Crippen LogP contribution in [0.25, 0.3) is 0 Å². The monoisotopic (exact) mass is 402 g/mol. The number of benzene rings is 2. The number of thioether (sulfide) groups is 1. The fourth-order valence-corrected chi connectivity index (χ4v) is 2.60. The molecular formula is C18H16N3O6S-. The number of carboxylic acid groups (broad SMARTS) is 1. The molecule has 0 radical (unpaired) electrons. The van der Waals surface area contributed by atoms with Crippen molar-refractivity contribution >= 4 is 35.5 Å². The van der Waals surface area contributed by atoms with Gasteiger partial charge >= 0.3 is 0 Å². The van der Waals surface area contributed by atoms with Crippen molar-refractivity contribution < 1.29 is 24.4 Å². The molecule has 0 bridgehead atoms. The Kier molecular flexibility index (Phi) is 7.52. The first kappa shape index (κ1) is 20.9. The highest BCUT2D eigenvalue weighted by atomic mass is 32.2. The van der Waals surface area contributed by atoms with Crippen molar-refractivity contribution in [2.24, 2.45) is 5.10 Å². The van der Waals surface area contributed by atoms with Gasteiger partial charge < -0.3 is 14.6 Å². The number of nitrogens with zero attached hydrogens (tertiary/aromatic N) is 2. The lowest BCUT2D eigenvalue weighted by molar-refractivity contribution is -0.384. The van der Waals surface area contributed by atoms with E-state index in [1.54, 1.807) is 36.4 Å². The Morgan fingerprint density at radius 3 is 2.43 bits per heavy atom. The first-order chi connectivity index (χ1) is 13.3. The standard InChI is InChI=1S/C18H17N3O6S/c1-12(18(23)24)27-15-6-2-13(3-7-15)10-19-20-17(22)11-28-16-8-4-14(5-9-16)21(25)26/h2-10,12H,11H2,1H3,(H,20,22)(H,23,24)/p-1/b19-10-/t12-/m1/s1. The average molecular weight is 402 g/mol. The molecule has 9 nitrogen and oxygen atoms in total. The van der Waals surface area contributed by atoms with Crippen LogP contribution in [0.3, 0.4) is 0 Å². The molecule has 0 saturated carbocycles. The molecule has 2 aromatic rings. The fraction of sp³-hybridized carbons (Fsp3) is 0.167. The van der Waals surface area contributed by atoms with Gasteiger partial charge in [-0.25, -0.2) is 5.43 Å². The molecule has 0 heterocycles. The summed E-state index contributed by atoms with van der Waals surface area (Å²) in [4.78, 5) is 33.3. The number of aliphatic carboxylic acids is 1. The number of nitrogens with one attached hydrogen (secondary N) is 1. The second kappa shape index (κ2) is 10.1. The van der Waals surface area contributed by atoms with Crippen molar-refractivity contribution in [1.82, 2.24) is 5.43 Å². The number of non-ortho nitro benzene ring substituents is 1. The third-order valence-electron chi connectivity index (χ3n) is 3.35. The topological polar surface area (TPSA) is 134 Å². The van der Waals surface area contributed by atoms with Crippen molar-refractivity contribution in [3.63, 3.8) is 0 Å². The zero-order valence-electron chi connectivity index (χ0n) is 14.7. The van der Waals surface area contributed by atoms with E-state index in [2.05, 4.69) is 10.5 Å². The van der Waals surface area contributed by atoms with Crippen LogP contribution in [-0.4, -0.2) is 34.9 Å². The van der Waals surface area contributed by atoms with Gasteiger partial charge in [0, 0.05) is 17.0 Å². The summed E-state index contributed by atoms with van der Waals surface area (Å²) < 4.78 is 5.15. The molecule has 0 saturated heterocycles. The lowest BCUT2D eigenvalue weighted by Crippen LogP contribution is -2.37. The van der Waals surface area contributed by atoms with Crippen molar-refractivity contribution in [1.29, 1.82) is 0 Å². The molecule has 1 amide bonds. The third-order valence-corrected chi connectivity index (χ3v) is 4.36. The number of carbonyl (C=O) groups excluding carboxylic acids is 2. The van der Waals surface area contributed by atoms with Gasteiger partial charge in [-0.05, 0) is 48.9 Å². The molecule has 146 valence electrons. The lowest BCUT2D eigenvalue weighted by Gasteiger charge is -2.15. The predicted molar refractivity (Wildman–Crippen MR) is 101 cm³/mol. The van der Waals surface area contributed by atoms with Gasteiger partial charge in [0.25, 0.3) is 5.69 Å². The van der Waals surface area contributed by atoms with Crippen LogP contribution >= 0.6 is 11.8 Å². The number of ether oxygens (including phenoxy) is 1. The normalized spacial score (nSPS) is 11.8. The van der Waals surface area contributed by atoms with E-state index < -0.39 is 17.0 Å². The Hall–Kier alpha value is -3.40. The number of nitro groups is 1. The molecular weight excluding hydrogens is 386 g/mol. The minimum atomic E-state index is -1.31. The largest absolute Gasteiger partial charge is 0.546 e. The summed E-state index contributed by atoms with van der Waals surface area (Å²) in [6.45, 7) is 1.37. The smallest absolute Gasteiger partial charge is 0.269 e. The number of nitro benzene ring substituents is 1.